The number of urea groups is 1. The van der Waals surface area contributed by atoms with Crippen molar-refractivity contribution in [1.82, 2.24) is 15.5 Å². The number of carbonyl (C=O) groups excluding carboxylic acids is 3. The molecular weight excluding hydrogens is 336 g/mol. The first-order chi connectivity index (χ1) is 12.1. The highest BCUT2D eigenvalue weighted by Crippen LogP contribution is 2.16. The van der Waals surface area contributed by atoms with E-state index in [2.05, 4.69) is 16.0 Å². The van der Waals surface area contributed by atoms with Gasteiger partial charge in [0.1, 0.15) is 12.6 Å². The SMILES string of the molecule is C[C@@H](Nc1cccc(CN2CCOC2=O)c1)C(=O)NC(=O)NC(C)(C)C. The van der Waals surface area contributed by atoms with Gasteiger partial charge in [-0.15, -0.1) is 0 Å². The summed E-state index contributed by atoms with van der Waals surface area (Å²) in [6.45, 7) is 8.59. The van der Waals surface area contributed by atoms with Gasteiger partial charge in [-0.1, -0.05) is 12.1 Å². The summed E-state index contributed by atoms with van der Waals surface area (Å²) in [6.07, 6.45) is -0.319. The van der Waals surface area contributed by atoms with Crippen LogP contribution in [0.3, 0.4) is 0 Å². The van der Waals surface area contributed by atoms with Gasteiger partial charge in [0.15, 0.2) is 0 Å². The maximum atomic E-state index is 12.1. The number of nitrogens with zero attached hydrogens (tertiary/aromatic N) is 1. The summed E-state index contributed by atoms with van der Waals surface area (Å²) in [5.41, 5.74) is 1.23. The lowest BCUT2D eigenvalue weighted by Crippen LogP contribution is -2.51. The molecule has 8 heteroatoms. The smallest absolute Gasteiger partial charge is 0.410 e. The Balaban J connectivity index is 1.90. The zero-order chi connectivity index (χ0) is 19.3. The van der Waals surface area contributed by atoms with Crippen molar-refractivity contribution >= 4 is 23.7 Å². The maximum Gasteiger partial charge on any atom is 0.410 e. The molecule has 8 nitrogen and oxygen atoms in total. The molecule has 0 spiro atoms. The Bertz CT molecular complexity index is 684. The Kier molecular flexibility index (Phi) is 6.07. The molecule has 1 aromatic carbocycles. The zero-order valence-corrected chi connectivity index (χ0v) is 15.6. The molecule has 0 bridgehead atoms. The van der Waals surface area contributed by atoms with Crippen LogP contribution in [0.5, 0.6) is 0 Å². The number of anilines is 1. The lowest BCUT2D eigenvalue weighted by Gasteiger charge is -2.21. The molecular formula is C18H26N4O4. The molecule has 0 saturated carbocycles. The molecule has 1 fully saturated rings. The van der Waals surface area contributed by atoms with Crippen LogP contribution in [-0.2, 0) is 16.1 Å². The van der Waals surface area contributed by atoms with Crippen LogP contribution in [0.2, 0.25) is 0 Å². The van der Waals surface area contributed by atoms with E-state index in [-0.39, 0.29) is 6.09 Å². The van der Waals surface area contributed by atoms with Crippen molar-refractivity contribution in [1.29, 1.82) is 0 Å². The van der Waals surface area contributed by atoms with Crippen LogP contribution in [0.1, 0.15) is 33.3 Å². The highest BCUT2D eigenvalue weighted by atomic mass is 16.6. The molecule has 1 heterocycles. The van der Waals surface area contributed by atoms with Crippen LogP contribution < -0.4 is 16.0 Å². The van der Waals surface area contributed by atoms with Gasteiger partial charge in [0.2, 0.25) is 5.91 Å². The van der Waals surface area contributed by atoms with Crippen molar-refractivity contribution < 1.29 is 19.1 Å². The first kappa shape index (κ1) is 19.6. The lowest BCUT2D eigenvalue weighted by atomic mass is 10.1. The van der Waals surface area contributed by atoms with Crippen LogP contribution in [-0.4, -0.2) is 47.7 Å². The van der Waals surface area contributed by atoms with Gasteiger partial charge < -0.3 is 20.3 Å². The number of hydrogen-bond acceptors (Lipinski definition) is 5. The molecule has 0 aromatic heterocycles. The molecule has 1 aromatic rings. The lowest BCUT2D eigenvalue weighted by molar-refractivity contribution is -0.120. The fourth-order valence-corrected chi connectivity index (χ4v) is 2.46. The first-order valence-electron chi connectivity index (χ1n) is 8.54. The third-order valence-corrected chi connectivity index (χ3v) is 3.65. The van der Waals surface area contributed by atoms with Crippen molar-refractivity contribution in [3.8, 4) is 0 Å². The number of benzene rings is 1. The molecule has 1 aliphatic heterocycles. The number of ether oxygens (including phenoxy) is 1. The minimum absolute atomic E-state index is 0.319. The van der Waals surface area contributed by atoms with Gasteiger partial charge in [0.05, 0.1) is 6.54 Å². The average Bonchev–Trinajstić information content (AvgIpc) is 2.90. The van der Waals surface area contributed by atoms with E-state index in [4.69, 9.17) is 4.74 Å². The predicted molar refractivity (Wildman–Crippen MR) is 97.7 cm³/mol. The van der Waals surface area contributed by atoms with Crippen molar-refractivity contribution in [3.63, 3.8) is 0 Å². The maximum absolute atomic E-state index is 12.1. The van der Waals surface area contributed by atoms with E-state index in [9.17, 15) is 14.4 Å². The third-order valence-electron chi connectivity index (χ3n) is 3.65. The molecule has 3 N–H and O–H groups in total. The highest BCUT2D eigenvalue weighted by molar-refractivity contribution is 5.98. The Morgan fingerprint density at radius 1 is 1.31 bits per heavy atom. The summed E-state index contributed by atoms with van der Waals surface area (Å²) >= 11 is 0. The van der Waals surface area contributed by atoms with E-state index in [1.807, 2.05) is 45.0 Å². The number of rotatable bonds is 5. The van der Waals surface area contributed by atoms with Crippen LogP contribution in [0, 0.1) is 0 Å². The number of nitrogens with one attached hydrogen (secondary N) is 3. The van der Waals surface area contributed by atoms with Crippen molar-refractivity contribution in [2.75, 3.05) is 18.5 Å². The summed E-state index contributed by atoms with van der Waals surface area (Å²) in [6, 6.07) is 6.30. The number of carbonyl (C=O) groups is 3. The Hall–Kier alpha value is -2.77. The number of cyclic esters (lactones) is 1. The van der Waals surface area contributed by atoms with Crippen molar-refractivity contribution in [2.24, 2.45) is 0 Å². The molecule has 0 unspecified atom stereocenters. The predicted octanol–water partition coefficient (Wildman–Crippen LogP) is 2.06. The van der Waals surface area contributed by atoms with E-state index in [0.717, 1.165) is 11.3 Å². The first-order valence-corrected chi connectivity index (χ1v) is 8.54. The molecule has 142 valence electrons. The molecule has 0 aliphatic carbocycles. The van der Waals surface area contributed by atoms with Gasteiger partial charge in [0.25, 0.3) is 0 Å². The Morgan fingerprint density at radius 2 is 2.04 bits per heavy atom. The normalized spacial score (nSPS) is 15.2. The summed E-state index contributed by atoms with van der Waals surface area (Å²) in [5.74, 6) is -0.430. The standard InChI is InChI=1S/C18H26N4O4/c1-12(15(23)20-16(24)21-18(2,3)4)19-14-7-5-6-13(10-14)11-22-8-9-26-17(22)25/h5-7,10,12,19H,8-9,11H2,1-4H3,(H2,20,21,23,24)/t12-/m1/s1. The van der Waals surface area contributed by atoms with Crippen LogP contribution in [0.25, 0.3) is 0 Å². The second-order valence-corrected chi connectivity index (χ2v) is 7.30. The van der Waals surface area contributed by atoms with Crippen molar-refractivity contribution in [2.45, 2.75) is 45.8 Å². The van der Waals surface area contributed by atoms with Gasteiger partial charge in [0, 0.05) is 17.8 Å². The van der Waals surface area contributed by atoms with E-state index in [1.54, 1.807) is 11.8 Å². The average molecular weight is 362 g/mol. The van der Waals surface area contributed by atoms with Gasteiger partial charge in [-0.05, 0) is 45.4 Å². The van der Waals surface area contributed by atoms with E-state index >= 15 is 0 Å². The Morgan fingerprint density at radius 3 is 2.65 bits per heavy atom. The topological polar surface area (TPSA) is 99.8 Å². The minimum Gasteiger partial charge on any atom is -0.448 e. The fourth-order valence-electron chi connectivity index (χ4n) is 2.46. The van der Waals surface area contributed by atoms with E-state index < -0.39 is 23.5 Å². The fraction of sp³-hybridized carbons (Fsp3) is 0.500. The quantitative estimate of drug-likeness (QED) is 0.744. The van der Waals surface area contributed by atoms with Crippen molar-refractivity contribution in [3.05, 3.63) is 29.8 Å². The third kappa shape index (κ3) is 5.94. The van der Waals surface area contributed by atoms with Crippen LogP contribution >= 0.6 is 0 Å². The summed E-state index contributed by atoms with van der Waals surface area (Å²) in [7, 11) is 0. The number of imide groups is 1. The minimum atomic E-state index is -0.604. The largest absolute Gasteiger partial charge is 0.448 e. The second kappa shape index (κ2) is 8.07. The highest BCUT2D eigenvalue weighted by Gasteiger charge is 2.22. The molecule has 1 aliphatic rings. The van der Waals surface area contributed by atoms with E-state index in [1.165, 1.54) is 0 Å². The number of amides is 4. The van der Waals surface area contributed by atoms with Gasteiger partial charge in [-0.3, -0.25) is 10.1 Å². The zero-order valence-electron chi connectivity index (χ0n) is 15.6. The summed E-state index contributed by atoms with van der Waals surface area (Å²) < 4.78 is 4.92. The summed E-state index contributed by atoms with van der Waals surface area (Å²) in [5, 5.41) is 8.05. The Labute approximate surface area is 153 Å². The molecule has 1 atom stereocenters. The molecule has 26 heavy (non-hydrogen) atoms. The van der Waals surface area contributed by atoms with Gasteiger partial charge >= 0.3 is 12.1 Å². The summed E-state index contributed by atoms with van der Waals surface area (Å²) in [4.78, 5) is 37.1. The van der Waals surface area contributed by atoms with Gasteiger partial charge in [-0.25, -0.2) is 9.59 Å². The second-order valence-electron chi connectivity index (χ2n) is 7.30. The molecule has 2 rings (SSSR count). The number of hydrogen-bond donors (Lipinski definition) is 3. The molecule has 4 amide bonds. The molecule has 1 saturated heterocycles. The molecule has 0 radical (unpaired) electrons. The van der Waals surface area contributed by atoms with E-state index in [0.29, 0.717) is 19.7 Å². The monoisotopic (exact) mass is 362 g/mol. The van der Waals surface area contributed by atoms with Gasteiger partial charge in [-0.2, -0.15) is 0 Å². The van der Waals surface area contributed by atoms with Crippen LogP contribution in [0.4, 0.5) is 15.3 Å². The van der Waals surface area contributed by atoms with Crippen LogP contribution in [0.15, 0.2) is 24.3 Å².